The Morgan fingerprint density at radius 1 is 1.43 bits per heavy atom. The number of pyridine rings is 1. The van der Waals surface area contributed by atoms with Crippen LogP contribution in [0.25, 0.3) is 0 Å². The fourth-order valence-corrected chi connectivity index (χ4v) is 1.92. The lowest BCUT2D eigenvalue weighted by Crippen LogP contribution is -2.25. The monoisotopic (exact) mass is 358 g/mol. The van der Waals surface area contributed by atoms with E-state index in [0.717, 1.165) is 0 Å². The minimum atomic E-state index is -0.643. The van der Waals surface area contributed by atoms with Crippen molar-refractivity contribution in [2.24, 2.45) is 0 Å². The normalized spacial score (nSPS) is 11.1. The molecule has 0 unspecified atom stereocenters. The van der Waals surface area contributed by atoms with E-state index in [4.69, 9.17) is 4.74 Å². The predicted octanol–water partition coefficient (Wildman–Crippen LogP) is 2.90. The van der Waals surface area contributed by atoms with Gasteiger partial charge in [0.15, 0.2) is 5.78 Å². The Morgan fingerprint density at radius 3 is 2.57 bits per heavy atom. The van der Waals surface area contributed by atoms with Crippen molar-refractivity contribution < 1.29 is 19.4 Å². The largest absolute Gasteiger partial charge is 0.492 e. The number of anilines is 1. The Bertz CT molecular complexity index is 553. The van der Waals surface area contributed by atoms with E-state index in [9.17, 15) is 14.7 Å². The molecule has 0 radical (unpaired) electrons. The molecule has 1 rings (SSSR count). The Morgan fingerprint density at radius 2 is 2.05 bits per heavy atom. The molecule has 1 aromatic rings. The van der Waals surface area contributed by atoms with Crippen LogP contribution in [0.3, 0.4) is 0 Å². The van der Waals surface area contributed by atoms with Crippen molar-refractivity contribution in [2.45, 2.75) is 39.7 Å². The Balaban J connectivity index is 2.96. The molecule has 7 heteroatoms. The van der Waals surface area contributed by atoms with Crippen molar-refractivity contribution in [3.63, 3.8) is 0 Å². The number of carbonyl (C=O) groups excluding carboxylic acids is 2. The highest BCUT2D eigenvalue weighted by Gasteiger charge is 2.22. The summed E-state index contributed by atoms with van der Waals surface area (Å²) in [7, 11) is 0. The van der Waals surface area contributed by atoms with Crippen LogP contribution in [-0.2, 0) is 9.53 Å². The zero-order valence-corrected chi connectivity index (χ0v) is 14.1. The molecule has 0 aliphatic carbocycles. The van der Waals surface area contributed by atoms with Gasteiger partial charge in [-0.25, -0.2) is 0 Å². The molecule has 2 N–H and O–H groups in total. The number of Topliss-reactive ketones (excluding diaryl/α,β-unsaturated/α-hetero) is 1. The maximum absolute atomic E-state index is 12.2. The van der Waals surface area contributed by atoms with Crippen molar-refractivity contribution in [1.29, 1.82) is 0 Å². The molecule has 0 bridgehead atoms. The number of nitrogens with one attached hydrogen (secondary N) is 1. The van der Waals surface area contributed by atoms with Gasteiger partial charge < -0.3 is 15.2 Å². The molecule has 6 nitrogen and oxygen atoms in total. The van der Waals surface area contributed by atoms with Crippen molar-refractivity contribution in [3.8, 4) is 5.88 Å². The van der Waals surface area contributed by atoms with Gasteiger partial charge in [0, 0.05) is 6.54 Å². The maximum Gasteiger partial charge on any atom is 0.314 e. The van der Waals surface area contributed by atoms with Crippen LogP contribution in [0.1, 0.15) is 44.5 Å². The minimum absolute atomic E-state index is 0.222. The molecular weight excluding hydrogens is 340 g/mol. The SMILES string of the molecule is CCNc1nc(O)c(Br)cc1C(=O)CC(=O)OC(C)(C)C. The summed E-state index contributed by atoms with van der Waals surface area (Å²) < 4.78 is 5.41. The first-order valence-electron chi connectivity index (χ1n) is 6.52. The summed E-state index contributed by atoms with van der Waals surface area (Å²) in [6.07, 6.45) is -0.380. The van der Waals surface area contributed by atoms with E-state index < -0.39 is 17.4 Å². The van der Waals surface area contributed by atoms with E-state index in [2.05, 4.69) is 26.2 Å². The summed E-state index contributed by atoms with van der Waals surface area (Å²) >= 11 is 3.11. The number of carbonyl (C=O) groups is 2. The maximum atomic E-state index is 12.2. The number of nitrogens with zero attached hydrogens (tertiary/aromatic N) is 1. The van der Waals surface area contributed by atoms with Crippen molar-refractivity contribution in [2.75, 3.05) is 11.9 Å². The number of ketones is 1. The minimum Gasteiger partial charge on any atom is -0.492 e. The molecule has 0 aliphatic rings. The summed E-state index contributed by atoms with van der Waals surface area (Å²) in [5, 5.41) is 12.4. The second-order valence-corrected chi connectivity index (χ2v) is 6.26. The quantitative estimate of drug-likeness (QED) is 0.477. The topological polar surface area (TPSA) is 88.5 Å². The fraction of sp³-hybridized carbons (Fsp3) is 0.500. The first-order valence-corrected chi connectivity index (χ1v) is 7.31. The Labute approximate surface area is 132 Å². The molecule has 21 heavy (non-hydrogen) atoms. The van der Waals surface area contributed by atoms with Crippen LogP contribution in [0, 0.1) is 0 Å². The van der Waals surface area contributed by atoms with Crippen LogP contribution in [0.4, 0.5) is 5.82 Å². The van der Waals surface area contributed by atoms with Gasteiger partial charge in [0.1, 0.15) is 17.8 Å². The molecule has 0 saturated carbocycles. The Hall–Kier alpha value is -1.63. The van der Waals surface area contributed by atoms with E-state index in [-0.39, 0.29) is 28.2 Å². The molecule has 0 spiro atoms. The summed E-state index contributed by atoms with van der Waals surface area (Å²) in [6.45, 7) is 7.57. The predicted molar refractivity (Wildman–Crippen MR) is 82.6 cm³/mol. The number of hydrogen-bond donors (Lipinski definition) is 2. The van der Waals surface area contributed by atoms with Crippen LogP contribution in [0.2, 0.25) is 0 Å². The molecule has 0 aromatic carbocycles. The lowest BCUT2D eigenvalue weighted by atomic mass is 10.1. The van der Waals surface area contributed by atoms with E-state index in [0.29, 0.717) is 6.54 Å². The summed E-state index contributed by atoms with van der Waals surface area (Å²) in [5.41, 5.74) is -0.414. The lowest BCUT2D eigenvalue weighted by molar-refractivity contribution is -0.153. The van der Waals surface area contributed by atoms with E-state index in [1.807, 2.05) is 6.92 Å². The number of rotatable bonds is 5. The van der Waals surface area contributed by atoms with Gasteiger partial charge >= 0.3 is 5.97 Å². The molecule has 0 fully saturated rings. The summed E-state index contributed by atoms with van der Waals surface area (Å²) in [5.74, 6) is -1.00. The molecule has 0 amide bonds. The molecule has 1 aromatic heterocycles. The standard InChI is InChI=1S/C14H19BrN2O4/c1-5-16-12-8(6-9(15)13(20)17-12)10(18)7-11(19)21-14(2,3)4/h6H,5,7H2,1-4H3,(H2,16,17,20). The highest BCUT2D eigenvalue weighted by Crippen LogP contribution is 2.28. The van der Waals surface area contributed by atoms with Gasteiger partial charge in [-0.05, 0) is 49.7 Å². The molecule has 116 valence electrons. The molecule has 1 heterocycles. The Kier molecular flexibility index (Phi) is 5.71. The average Bonchev–Trinajstić information content (AvgIpc) is 2.31. The van der Waals surface area contributed by atoms with Crippen molar-refractivity contribution >= 4 is 33.5 Å². The molecule has 0 atom stereocenters. The second kappa shape index (κ2) is 6.89. The summed E-state index contributed by atoms with van der Waals surface area (Å²) in [4.78, 5) is 27.8. The smallest absolute Gasteiger partial charge is 0.314 e. The van der Waals surface area contributed by atoms with Gasteiger partial charge in [-0.15, -0.1) is 0 Å². The van der Waals surface area contributed by atoms with Gasteiger partial charge in [0.2, 0.25) is 5.88 Å². The fourth-order valence-electron chi connectivity index (χ4n) is 1.60. The van der Waals surface area contributed by atoms with Crippen molar-refractivity contribution in [3.05, 3.63) is 16.1 Å². The van der Waals surface area contributed by atoms with Gasteiger partial charge in [-0.2, -0.15) is 4.98 Å². The van der Waals surface area contributed by atoms with E-state index >= 15 is 0 Å². The number of halogens is 1. The number of hydrogen-bond acceptors (Lipinski definition) is 6. The molecule has 0 saturated heterocycles. The molecular formula is C14H19BrN2O4. The zero-order chi connectivity index (χ0) is 16.2. The number of ether oxygens (including phenoxy) is 1. The first kappa shape index (κ1) is 17.4. The average molecular weight is 359 g/mol. The van der Waals surface area contributed by atoms with E-state index in [1.165, 1.54) is 6.07 Å². The zero-order valence-electron chi connectivity index (χ0n) is 12.5. The van der Waals surface area contributed by atoms with Crippen LogP contribution >= 0.6 is 15.9 Å². The van der Waals surface area contributed by atoms with Crippen LogP contribution in [-0.4, -0.2) is 34.0 Å². The highest BCUT2D eigenvalue weighted by atomic mass is 79.9. The third-order valence-corrected chi connectivity index (χ3v) is 2.91. The third kappa shape index (κ3) is 5.34. The van der Waals surface area contributed by atoms with Gasteiger partial charge in [0.05, 0.1) is 10.0 Å². The lowest BCUT2D eigenvalue weighted by Gasteiger charge is -2.19. The second-order valence-electron chi connectivity index (χ2n) is 5.41. The number of aromatic nitrogens is 1. The van der Waals surface area contributed by atoms with Crippen molar-refractivity contribution in [1.82, 2.24) is 4.98 Å². The van der Waals surface area contributed by atoms with Gasteiger partial charge in [0.25, 0.3) is 0 Å². The number of aromatic hydroxyl groups is 1. The summed E-state index contributed by atoms with van der Waals surface area (Å²) in [6, 6.07) is 1.44. The highest BCUT2D eigenvalue weighted by molar-refractivity contribution is 9.10. The van der Waals surface area contributed by atoms with Crippen LogP contribution in [0.15, 0.2) is 10.5 Å². The van der Waals surface area contributed by atoms with Gasteiger partial charge in [-0.3, -0.25) is 9.59 Å². The molecule has 0 aliphatic heterocycles. The number of esters is 1. The first-order chi connectivity index (χ1) is 9.64. The van der Waals surface area contributed by atoms with E-state index in [1.54, 1.807) is 20.8 Å². The third-order valence-electron chi connectivity index (χ3n) is 2.33. The van der Waals surface area contributed by atoms with Gasteiger partial charge in [-0.1, -0.05) is 0 Å². The van der Waals surface area contributed by atoms with Crippen LogP contribution in [0.5, 0.6) is 5.88 Å². The van der Waals surface area contributed by atoms with Crippen LogP contribution < -0.4 is 5.32 Å².